The number of pyridine rings is 1. The molecule has 2 heterocycles. The number of nitrogens with zero attached hydrogens (tertiary/aromatic N) is 1. The molecule has 0 saturated carbocycles. The maximum atomic E-state index is 11.6. The lowest BCUT2D eigenvalue weighted by Crippen LogP contribution is -2.41. The lowest BCUT2D eigenvalue weighted by Gasteiger charge is -2.32. The van der Waals surface area contributed by atoms with E-state index >= 15 is 0 Å². The van der Waals surface area contributed by atoms with Crippen LogP contribution in [0.4, 0.5) is 0 Å². The summed E-state index contributed by atoms with van der Waals surface area (Å²) >= 11 is 0. The van der Waals surface area contributed by atoms with Gasteiger partial charge in [-0.2, -0.15) is 0 Å². The lowest BCUT2D eigenvalue weighted by molar-refractivity contribution is 0.00578. The van der Waals surface area contributed by atoms with Gasteiger partial charge in [0.05, 0.1) is 23.9 Å². The molecule has 1 saturated heterocycles. The third kappa shape index (κ3) is 2.34. The highest BCUT2D eigenvalue weighted by Crippen LogP contribution is 2.37. The number of hydrogen-bond acceptors (Lipinski definition) is 5. The van der Waals surface area contributed by atoms with Crippen LogP contribution in [-0.2, 0) is 9.31 Å². The fraction of sp³-hybridized carbons (Fsp3) is 0.571. The Morgan fingerprint density at radius 3 is 2.20 bits per heavy atom. The maximum absolute atomic E-state index is 11.6. The smallest absolute Gasteiger partial charge is 0.496 e. The second kappa shape index (κ2) is 4.86. The van der Waals surface area contributed by atoms with E-state index in [0.29, 0.717) is 16.8 Å². The van der Waals surface area contributed by atoms with Gasteiger partial charge in [-0.1, -0.05) is 0 Å². The van der Waals surface area contributed by atoms with Crippen LogP contribution in [0.2, 0.25) is 0 Å². The average molecular weight is 277 g/mol. The van der Waals surface area contributed by atoms with Crippen molar-refractivity contribution >= 4 is 18.4 Å². The predicted molar refractivity (Wildman–Crippen MR) is 76.5 cm³/mol. The standard InChI is InChI=1S/C14H20BNO4/c1-9(17)10-7-16-8-11(12(10)18-6)15-19-13(2,3)14(4,5)20-15/h7-8H,1-6H3. The predicted octanol–water partition coefficient (Wildman–Crippen LogP) is 1.59. The van der Waals surface area contributed by atoms with Crippen molar-refractivity contribution in [2.24, 2.45) is 0 Å². The molecule has 0 atom stereocenters. The SMILES string of the molecule is COc1c(B2OC(C)(C)C(C)(C)O2)cncc1C(C)=O. The van der Waals surface area contributed by atoms with E-state index in [0.717, 1.165) is 0 Å². The molecule has 1 aromatic rings. The first kappa shape index (κ1) is 15.0. The Hall–Kier alpha value is -1.40. The summed E-state index contributed by atoms with van der Waals surface area (Å²) < 4.78 is 17.3. The largest absolute Gasteiger partial charge is 0.500 e. The summed E-state index contributed by atoms with van der Waals surface area (Å²) in [5.74, 6) is 0.360. The summed E-state index contributed by atoms with van der Waals surface area (Å²) in [5.41, 5.74) is 0.169. The molecule has 2 rings (SSSR count). The van der Waals surface area contributed by atoms with Crippen LogP contribution < -0.4 is 10.2 Å². The van der Waals surface area contributed by atoms with Gasteiger partial charge in [-0.05, 0) is 34.6 Å². The Labute approximate surface area is 119 Å². The van der Waals surface area contributed by atoms with Gasteiger partial charge in [-0.25, -0.2) is 0 Å². The van der Waals surface area contributed by atoms with Gasteiger partial charge in [-0.3, -0.25) is 9.78 Å². The van der Waals surface area contributed by atoms with Crippen LogP contribution in [0.25, 0.3) is 0 Å². The van der Waals surface area contributed by atoms with E-state index in [4.69, 9.17) is 14.0 Å². The van der Waals surface area contributed by atoms with E-state index in [-0.39, 0.29) is 5.78 Å². The van der Waals surface area contributed by atoms with Crippen LogP contribution in [0.1, 0.15) is 45.0 Å². The molecule has 20 heavy (non-hydrogen) atoms. The van der Waals surface area contributed by atoms with E-state index in [9.17, 15) is 4.79 Å². The van der Waals surface area contributed by atoms with Crippen LogP contribution in [-0.4, -0.2) is 36.2 Å². The topological polar surface area (TPSA) is 57.6 Å². The first-order valence-electron chi connectivity index (χ1n) is 6.58. The minimum atomic E-state index is -0.596. The quantitative estimate of drug-likeness (QED) is 0.620. The van der Waals surface area contributed by atoms with Gasteiger partial charge in [0.25, 0.3) is 0 Å². The molecule has 0 aliphatic carbocycles. The monoisotopic (exact) mass is 277 g/mol. The number of Topliss-reactive ketones (excluding diaryl/α,β-unsaturated/α-hetero) is 1. The summed E-state index contributed by atoms with van der Waals surface area (Å²) in [5, 5.41) is 0. The Kier molecular flexibility index (Phi) is 3.65. The fourth-order valence-corrected chi connectivity index (χ4v) is 2.08. The number of ketones is 1. The van der Waals surface area contributed by atoms with Crippen molar-refractivity contribution in [1.29, 1.82) is 0 Å². The summed E-state index contributed by atoms with van der Waals surface area (Å²) in [7, 11) is 0.929. The Balaban J connectivity index is 2.45. The van der Waals surface area contributed by atoms with Crippen molar-refractivity contribution < 1.29 is 18.8 Å². The van der Waals surface area contributed by atoms with Crippen molar-refractivity contribution in [1.82, 2.24) is 4.98 Å². The van der Waals surface area contributed by atoms with Crippen LogP contribution in [0.3, 0.4) is 0 Å². The van der Waals surface area contributed by atoms with Gasteiger partial charge >= 0.3 is 7.12 Å². The second-order valence-electron chi connectivity index (χ2n) is 5.95. The number of hydrogen-bond donors (Lipinski definition) is 0. The van der Waals surface area contributed by atoms with E-state index in [2.05, 4.69) is 4.98 Å². The zero-order valence-corrected chi connectivity index (χ0v) is 12.8. The highest BCUT2D eigenvalue weighted by molar-refractivity contribution is 6.63. The van der Waals surface area contributed by atoms with E-state index in [1.165, 1.54) is 20.2 Å². The normalized spacial score (nSPS) is 20.0. The van der Waals surface area contributed by atoms with Gasteiger partial charge in [0, 0.05) is 17.9 Å². The number of aromatic nitrogens is 1. The van der Waals surface area contributed by atoms with E-state index in [1.54, 1.807) is 6.20 Å². The molecule has 1 aromatic heterocycles. The molecular weight excluding hydrogens is 257 g/mol. The molecule has 0 radical (unpaired) electrons. The Bertz CT molecular complexity index is 526. The molecule has 0 bridgehead atoms. The van der Waals surface area contributed by atoms with Gasteiger partial charge in [0.2, 0.25) is 0 Å². The number of carbonyl (C=O) groups is 1. The summed E-state index contributed by atoms with van der Waals surface area (Å²) in [6.45, 7) is 9.38. The first-order chi connectivity index (χ1) is 9.19. The maximum Gasteiger partial charge on any atom is 0.500 e. The van der Waals surface area contributed by atoms with Gasteiger partial charge in [0.1, 0.15) is 5.75 Å². The number of methoxy groups -OCH3 is 1. The second-order valence-corrected chi connectivity index (χ2v) is 5.95. The van der Waals surface area contributed by atoms with Crippen molar-refractivity contribution in [3.8, 4) is 5.75 Å². The van der Waals surface area contributed by atoms with Crippen molar-refractivity contribution in [3.05, 3.63) is 18.0 Å². The highest BCUT2D eigenvalue weighted by Gasteiger charge is 2.52. The molecule has 1 aliphatic rings. The summed E-state index contributed by atoms with van der Waals surface area (Å²) in [4.78, 5) is 15.7. The van der Waals surface area contributed by atoms with Crippen molar-refractivity contribution in [2.75, 3.05) is 7.11 Å². The average Bonchev–Trinajstić information content (AvgIpc) is 2.57. The summed E-state index contributed by atoms with van der Waals surface area (Å²) in [6.07, 6.45) is 3.11. The molecule has 0 spiro atoms. The van der Waals surface area contributed by atoms with Crippen LogP contribution in [0, 0.1) is 0 Å². The third-order valence-corrected chi connectivity index (χ3v) is 4.01. The van der Waals surface area contributed by atoms with Crippen molar-refractivity contribution in [3.63, 3.8) is 0 Å². The minimum Gasteiger partial charge on any atom is -0.496 e. The minimum absolute atomic E-state index is 0.104. The number of carbonyl (C=O) groups excluding carboxylic acids is 1. The zero-order valence-electron chi connectivity index (χ0n) is 12.8. The fourth-order valence-electron chi connectivity index (χ4n) is 2.08. The molecular formula is C14H20BNO4. The molecule has 5 nitrogen and oxygen atoms in total. The van der Waals surface area contributed by atoms with E-state index in [1.807, 2.05) is 27.7 Å². The third-order valence-electron chi connectivity index (χ3n) is 4.01. The summed E-state index contributed by atoms with van der Waals surface area (Å²) in [6, 6.07) is 0. The molecule has 0 N–H and O–H groups in total. The molecule has 0 aromatic carbocycles. The molecule has 0 amide bonds. The lowest BCUT2D eigenvalue weighted by atomic mass is 9.78. The molecule has 6 heteroatoms. The van der Waals surface area contributed by atoms with Gasteiger partial charge < -0.3 is 14.0 Å². The van der Waals surface area contributed by atoms with Crippen molar-refractivity contribution in [2.45, 2.75) is 45.8 Å². The molecule has 0 unspecified atom stereocenters. The Morgan fingerprint density at radius 1 is 1.20 bits per heavy atom. The highest BCUT2D eigenvalue weighted by atomic mass is 16.7. The van der Waals surface area contributed by atoms with Crippen LogP contribution in [0.5, 0.6) is 5.75 Å². The Morgan fingerprint density at radius 2 is 1.75 bits per heavy atom. The van der Waals surface area contributed by atoms with E-state index < -0.39 is 18.3 Å². The number of ether oxygens (including phenoxy) is 1. The first-order valence-corrected chi connectivity index (χ1v) is 6.58. The van der Waals surface area contributed by atoms with Gasteiger partial charge in [0.15, 0.2) is 5.78 Å². The molecule has 1 fully saturated rings. The van der Waals surface area contributed by atoms with Crippen LogP contribution in [0.15, 0.2) is 12.4 Å². The van der Waals surface area contributed by atoms with Gasteiger partial charge in [-0.15, -0.1) is 0 Å². The number of rotatable bonds is 3. The van der Waals surface area contributed by atoms with Crippen LogP contribution >= 0.6 is 0 Å². The molecule has 1 aliphatic heterocycles. The molecule has 108 valence electrons. The zero-order chi connectivity index (χ0) is 15.1.